The van der Waals surface area contributed by atoms with Gasteiger partial charge in [-0.15, -0.1) is 0 Å². The summed E-state index contributed by atoms with van der Waals surface area (Å²) in [6.45, 7) is 8.97. The lowest BCUT2D eigenvalue weighted by molar-refractivity contribution is -0.143. The summed E-state index contributed by atoms with van der Waals surface area (Å²) >= 11 is 3.53. The number of hydrogen-bond acceptors (Lipinski definition) is 3. The third-order valence-corrected chi connectivity index (χ3v) is 6.19. The number of carbonyl (C=O) groups is 2. The van der Waals surface area contributed by atoms with Crippen molar-refractivity contribution in [2.75, 3.05) is 13.2 Å². The zero-order valence-electron chi connectivity index (χ0n) is 19.6. The van der Waals surface area contributed by atoms with Crippen molar-refractivity contribution in [1.29, 1.82) is 0 Å². The summed E-state index contributed by atoms with van der Waals surface area (Å²) in [4.78, 5) is 27.9. The second-order valence-corrected chi connectivity index (χ2v) is 8.78. The predicted octanol–water partition coefficient (Wildman–Crippen LogP) is 5.42. The lowest BCUT2D eigenvalue weighted by atomic mass is 10.1. The van der Waals surface area contributed by atoms with Crippen LogP contribution in [0, 0.1) is 6.92 Å². The Morgan fingerprint density at radius 1 is 1.12 bits per heavy atom. The van der Waals surface area contributed by atoms with Gasteiger partial charge in [-0.05, 0) is 70.9 Å². The maximum Gasteiger partial charge on any atom is 0.261 e. The normalized spacial score (nSPS) is 11.7. The summed E-state index contributed by atoms with van der Waals surface area (Å²) in [5.74, 6) is 0.292. The number of aryl methyl sites for hydroxylation is 2. The highest BCUT2D eigenvalue weighted by Crippen LogP contribution is 2.26. The van der Waals surface area contributed by atoms with E-state index < -0.39 is 6.04 Å². The van der Waals surface area contributed by atoms with Crippen molar-refractivity contribution in [2.45, 2.75) is 66.0 Å². The standard InChI is InChI=1S/C26H35BrN2O3/c1-5-8-15-28-26(31)23(7-3)29(17-21-12-10-9-11-19(21)4)25(30)18-32-24-14-13-20(6-2)16-22(24)27/h9-14,16,23H,5-8,15,17-18H2,1-4H3,(H,28,31)/t23-/m0/s1. The number of rotatable bonds is 12. The van der Waals surface area contributed by atoms with E-state index in [4.69, 9.17) is 4.74 Å². The number of benzene rings is 2. The topological polar surface area (TPSA) is 58.6 Å². The quantitative estimate of drug-likeness (QED) is 0.394. The van der Waals surface area contributed by atoms with Gasteiger partial charge in [-0.3, -0.25) is 9.59 Å². The fraction of sp³-hybridized carbons (Fsp3) is 0.462. The molecule has 0 aliphatic rings. The minimum absolute atomic E-state index is 0.114. The SMILES string of the molecule is CCCCNC(=O)[C@H](CC)N(Cc1ccccc1C)C(=O)COc1ccc(CC)cc1Br. The molecular formula is C26H35BrN2O3. The van der Waals surface area contributed by atoms with E-state index in [1.807, 2.05) is 56.3 Å². The molecule has 6 heteroatoms. The van der Waals surface area contributed by atoms with Crippen LogP contribution in [-0.2, 0) is 22.6 Å². The first kappa shape index (κ1) is 25.9. The molecule has 2 aromatic carbocycles. The Balaban J connectivity index is 2.21. The Kier molecular flexibility index (Phi) is 10.7. The molecule has 5 nitrogen and oxygen atoms in total. The van der Waals surface area contributed by atoms with Gasteiger partial charge >= 0.3 is 0 Å². The third-order valence-electron chi connectivity index (χ3n) is 5.57. The van der Waals surface area contributed by atoms with E-state index in [9.17, 15) is 9.59 Å². The molecule has 0 fully saturated rings. The monoisotopic (exact) mass is 502 g/mol. The summed E-state index contributed by atoms with van der Waals surface area (Å²) in [5, 5.41) is 2.98. The summed E-state index contributed by atoms with van der Waals surface area (Å²) in [7, 11) is 0. The number of amides is 2. The minimum Gasteiger partial charge on any atom is -0.483 e. The van der Waals surface area contributed by atoms with Crippen LogP contribution in [0.5, 0.6) is 5.75 Å². The van der Waals surface area contributed by atoms with Gasteiger partial charge in [0.05, 0.1) is 4.47 Å². The van der Waals surface area contributed by atoms with Crippen molar-refractivity contribution in [2.24, 2.45) is 0 Å². The molecule has 2 rings (SSSR count). The van der Waals surface area contributed by atoms with Gasteiger partial charge < -0.3 is 15.0 Å². The van der Waals surface area contributed by atoms with Crippen LogP contribution in [-0.4, -0.2) is 35.9 Å². The smallest absolute Gasteiger partial charge is 0.261 e. The second kappa shape index (κ2) is 13.3. The number of nitrogens with one attached hydrogen (secondary N) is 1. The average Bonchev–Trinajstić information content (AvgIpc) is 2.79. The van der Waals surface area contributed by atoms with Gasteiger partial charge in [-0.2, -0.15) is 0 Å². The van der Waals surface area contributed by atoms with Crippen molar-refractivity contribution in [3.05, 3.63) is 63.6 Å². The third kappa shape index (κ3) is 7.37. The lowest BCUT2D eigenvalue weighted by Gasteiger charge is -2.31. The number of hydrogen-bond donors (Lipinski definition) is 1. The van der Waals surface area contributed by atoms with Gasteiger partial charge in [0, 0.05) is 13.1 Å². The van der Waals surface area contributed by atoms with Crippen molar-refractivity contribution in [3.8, 4) is 5.75 Å². The summed E-state index contributed by atoms with van der Waals surface area (Å²) in [5.41, 5.74) is 3.30. The van der Waals surface area contributed by atoms with Crippen LogP contribution in [0.25, 0.3) is 0 Å². The fourth-order valence-corrected chi connectivity index (χ4v) is 4.04. The zero-order valence-corrected chi connectivity index (χ0v) is 21.2. The van der Waals surface area contributed by atoms with Gasteiger partial charge in [0.1, 0.15) is 11.8 Å². The zero-order chi connectivity index (χ0) is 23.5. The lowest BCUT2D eigenvalue weighted by Crippen LogP contribution is -2.50. The molecule has 0 unspecified atom stereocenters. The van der Waals surface area contributed by atoms with Crippen LogP contribution in [0.2, 0.25) is 0 Å². The molecule has 0 aliphatic carbocycles. The first-order chi connectivity index (χ1) is 15.4. The summed E-state index contributed by atoms with van der Waals surface area (Å²) in [6.07, 6.45) is 3.37. The molecule has 0 aliphatic heterocycles. The van der Waals surface area contributed by atoms with Crippen LogP contribution < -0.4 is 10.1 Å². The Morgan fingerprint density at radius 3 is 2.50 bits per heavy atom. The number of ether oxygens (including phenoxy) is 1. The van der Waals surface area contributed by atoms with E-state index in [1.165, 1.54) is 5.56 Å². The van der Waals surface area contributed by atoms with Crippen molar-refractivity contribution >= 4 is 27.7 Å². The highest BCUT2D eigenvalue weighted by Gasteiger charge is 2.29. The van der Waals surface area contributed by atoms with Crippen molar-refractivity contribution in [3.63, 3.8) is 0 Å². The van der Waals surface area contributed by atoms with Crippen LogP contribution in [0.4, 0.5) is 0 Å². The highest BCUT2D eigenvalue weighted by molar-refractivity contribution is 9.10. The Bertz CT molecular complexity index is 900. The van der Waals surface area contributed by atoms with Crippen LogP contribution in [0.15, 0.2) is 46.9 Å². The van der Waals surface area contributed by atoms with Gasteiger partial charge in [0.2, 0.25) is 5.91 Å². The first-order valence-electron chi connectivity index (χ1n) is 11.4. The molecule has 174 valence electrons. The largest absolute Gasteiger partial charge is 0.483 e. The molecule has 1 atom stereocenters. The first-order valence-corrected chi connectivity index (χ1v) is 12.2. The van der Waals surface area contributed by atoms with Gasteiger partial charge in [0.15, 0.2) is 6.61 Å². The van der Waals surface area contributed by atoms with Gasteiger partial charge in [-0.1, -0.05) is 57.5 Å². The molecule has 32 heavy (non-hydrogen) atoms. The number of halogens is 1. The molecule has 0 spiro atoms. The molecule has 0 radical (unpaired) electrons. The van der Waals surface area contributed by atoms with Crippen LogP contribution in [0.1, 0.15) is 56.7 Å². The molecule has 0 aromatic heterocycles. The molecule has 2 amide bonds. The van der Waals surface area contributed by atoms with Crippen LogP contribution >= 0.6 is 15.9 Å². The molecule has 0 saturated heterocycles. The van der Waals surface area contributed by atoms with Gasteiger partial charge in [-0.25, -0.2) is 0 Å². The van der Waals surface area contributed by atoms with Crippen molar-refractivity contribution < 1.29 is 14.3 Å². The van der Waals surface area contributed by atoms with Gasteiger partial charge in [0.25, 0.3) is 5.91 Å². The average molecular weight is 503 g/mol. The van der Waals surface area contributed by atoms with E-state index in [2.05, 4.69) is 35.1 Å². The fourth-order valence-electron chi connectivity index (χ4n) is 3.50. The summed E-state index contributed by atoms with van der Waals surface area (Å²) in [6, 6.07) is 13.3. The Morgan fingerprint density at radius 2 is 1.88 bits per heavy atom. The number of unbranched alkanes of at least 4 members (excludes halogenated alkanes) is 1. The van der Waals surface area contributed by atoms with E-state index in [0.29, 0.717) is 25.3 Å². The maximum absolute atomic E-state index is 13.3. The second-order valence-electron chi connectivity index (χ2n) is 7.92. The highest BCUT2D eigenvalue weighted by atomic mass is 79.9. The Labute approximate surface area is 200 Å². The summed E-state index contributed by atoms with van der Waals surface area (Å²) < 4.78 is 6.67. The molecule has 1 N–H and O–H groups in total. The van der Waals surface area contributed by atoms with Crippen LogP contribution in [0.3, 0.4) is 0 Å². The van der Waals surface area contributed by atoms with E-state index in [1.54, 1.807) is 4.90 Å². The van der Waals surface area contributed by atoms with E-state index in [0.717, 1.165) is 34.9 Å². The molecule has 0 bridgehead atoms. The van der Waals surface area contributed by atoms with E-state index in [-0.39, 0.29) is 18.4 Å². The maximum atomic E-state index is 13.3. The van der Waals surface area contributed by atoms with E-state index >= 15 is 0 Å². The molecular weight excluding hydrogens is 468 g/mol. The number of carbonyl (C=O) groups excluding carboxylic acids is 2. The molecule has 2 aromatic rings. The minimum atomic E-state index is -0.548. The van der Waals surface area contributed by atoms with Crippen molar-refractivity contribution in [1.82, 2.24) is 10.2 Å². The molecule has 0 saturated carbocycles. The molecule has 0 heterocycles. The predicted molar refractivity (Wildman–Crippen MR) is 133 cm³/mol. The Hall–Kier alpha value is -2.34. The number of nitrogens with zero attached hydrogens (tertiary/aromatic N) is 1.